The Hall–Kier alpha value is -1.79. The van der Waals surface area contributed by atoms with Crippen LogP contribution in [0.15, 0.2) is 47.1 Å². The van der Waals surface area contributed by atoms with E-state index >= 15 is 0 Å². The lowest BCUT2D eigenvalue weighted by molar-refractivity contribution is 0.323. The minimum atomic E-state index is -3.17. The zero-order chi connectivity index (χ0) is 18.6. The molecule has 0 atom stereocenters. The Morgan fingerprint density at radius 3 is 2.35 bits per heavy atom. The zero-order valence-corrected chi connectivity index (χ0v) is 16.3. The molecule has 0 radical (unpaired) electrons. The van der Waals surface area contributed by atoms with Gasteiger partial charge in [0.05, 0.1) is 11.5 Å². The molecule has 0 amide bonds. The normalized spacial score (nSPS) is 21.0. The second-order valence-corrected chi connectivity index (χ2v) is 9.63. The van der Waals surface area contributed by atoms with Crippen LogP contribution in [0.5, 0.6) is 0 Å². The van der Waals surface area contributed by atoms with Crippen LogP contribution in [0.2, 0.25) is 0 Å². The zero-order valence-electron chi connectivity index (χ0n) is 15.4. The summed E-state index contributed by atoms with van der Waals surface area (Å²) < 4.78 is 32.2. The number of furan rings is 1. The maximum atomic E-state index is 12.0. The van der Waals surface area contributed by atoms with Crippen LogP contribution in [0, 0.1) is 5.92 Å². The molecule has 1 aliphatic carbocycles. The molecule has 3 rings (SSSR count). The molecular formula is C20H28N2O3S. The van der Waals surface area contributed by atoms with E-state index in [4.69, 9.17) is 4.42 Å². The predicted octanol–water partition coefficient (Wildman–Crippen LogP) is 4.25. The van der Waals surface area contributed by atoms with Gasteiger partial charge in [0.15, 0.2) is 0 Å². The number of nitrogens with one attached hydrogen (secondary N) is 2. The molecule has 1 fully saturated rings. The summed E-state index contributed by atoms with van der Waals surface area (Å²) in [6, 6.07) is 12.2. The second-order valence-electron chi connectivity index (χ2n) is 7.36. The van der Waals surface area contributed by atoms with Crippen molar-refractivity contribution in [2.24, 2.45) is 5.92 Å². The first-order chi connectivity index (χ1) is 12.4. The molecule has 142 valence electrons. The number of sulfonamides is 1. The second kappa shape index (κ2) is 8.27. The molecular weight excluding hydrogens is 348 g/mol. The van der Waals surface area contributed by atoms with Crippen LogP contribution in [0.25, 0.3) is 11.3 Å². The number of hydrogen-bond acceptors (Lipinski definition) is 4. The fourth-order valence-electron chi connectivity index (χ4n) is 3.31. The van der Waals surface area contributed by atoms with Crippen molar-refractivity contribution < 1.29 is 12.8 Å². The summed E-state index contributed by atoms with van der Waals surface area (Å²) in [6.45, 7) is 4.35. The molecule has 0 spiro atoms. The van der Waals surface area contributed by atoms with Crippen LogP contribution >= 0.6 is 0 Å². The van der Waals surface area contributed by atoms with E-state index in [0.29, 0.717) is 5.92 Å². The minimum Gasteiger partial charge on any atom is -0.464 e. The summed E-state index contributed by atoms with van der Waals surface area (Å²) in [4.78, 5) is 0. The third kappa shape index (κ3) is 4.89. The molecule has 1 aromatic heterocycles. The Kier molecular flexibility index (Phi) is 6.04. The van der Waals surface area contributed by atoms with E-state index in [0.717, 1.165) is 49.2 Å². The molecule has 2 N–H and O–H groups in total. The predicted molar refractivity (Wildman–Crippen MR) is 106 cm³/mol. The summed E-state index contributed by atoms with van der Waals surface area (Å²) in [5, 5.41) is 3.13. The van der Waals surface area contributed by atoms with Gasteiger partial charge in [-0.05, 0) is 81.8 Å². The van der Waals surface area contributed by atoms with Gasteiger partial charge in [0.1, 0.15) is 5.76 Å². The SMILES string of the molecule is CC(C)S(=O)(=O)N[C@H]1CC[C@H](CNc2ccc(-c3ccco3)cc2)CC1. The van der Waals surface area contributed by atoms with Gasteiger partial charge in [0.25, 0.3) is 0 Å². The molecule has 1 aliphatic rings. The molecule has 1 aromatic carbocycles. The molecule has 1 heterocycles. The van der Waals surface area contributed by atoms with Crippen LogP contribution in [-0.2, 0) is 10.0 Å². The monoisotopic (exact) mass is 376 g/mol. The molecule has 0 saturated heterocycles. The van der Waals surface area contributed by atoms with E-state index in [2.05, 4.69) is 34.3 Å². The summed E-state index contributed by atoms with van der Waals surface area (Å²) in [7, 11) is -3.17. The maximum absolute atomic E-state index is 12.0. The Labute approximate surface area is 156 Å². The summed E-state index contributed by atoms with van der Waals surface area (Å²) >= 11 is 0. The molecule has 0 unspecified atom stereocenters. The van der Waals surface area contributed by atoms with Crippen molar-refractivity contribution in [2.45, 2.75) is 50.8 Å². The highest BCUT2D eigenvalue weighted by molar-refractivity contribution is 7.90. The smallest absolute Gasteiger partial charge is 0.214 e. The number of anilines is 1. The van der Waals surface area contributed by atoms with Crippen molar-refractivity contribution in [2.75, 3.05) is 11.9 Å². The van der Waals surface area contributed by atoms with Gasteiger partial charge < -0.3 is 9.73 Å². The van der Waals surface area contributed by atoms with Crippen molar-refractivity contribution in [1.82, 2.24) is 4.72 Å². The highest BCUT2D eigenvalue weighted by Crippen LogP contribution is 2.26. The third-order valence-electron chi connectivity index (χ3n) is 5.08. The fourth-order valence-corrected chi connectivity index (χ4v) is 4.28. The first-order valence-corrected chi connectivity index (χ1v) is 10.9. The fraction of sp³-hybridized carbons (Fsp3) is 0.500. The molecule has 2 aromatic rings. The molecule has 0 aliphatic heterocycles. The summed E-state index contributed by atoms with van der Waals surface area (Å²) in [5.74, 6) is 1.46. The lowest BCUT2D eigenvalue weighted by Gasteiger charge is -2.29. The topological polar surface area (TPSA) is 71.3 Å². The lowest BCUT2D eigenvalue weighted by atomic mass is 9.86. The lowest BCUT2D eigenvalue weighted by Crippen LogP contribution is -2.41. The van der Waals surface area contributed by atoms with Gasteiger partial charge in [-0.15, -0.1) is 0 Å². The van der Waals surface area contributed by atoms with Crippen molar-refractivity contribution in [3.05, 3.63) is 42.7 Å². The Morgan fingerprint density at radius 1 is 1.08 bits per heavy atom. The first-order valence-electron chi connectivity index (χ1n) is 9.33. The van der Waals surface area contributed by atoms with Gasteiger partial charge in [-0.3, -0.25) is 0 Å². The highest BCUT2D eigenvalue weighted by atomic mass is 32.2. The van der Waals surface area contributed by atoms with E-state index in [1.54, 1.807) is 20.1 Å². The van der Waals surface area contributed by atoms with Crippen LogP contribution < -0.4 is 10.0 Å². The van der Waals surface area contributed by atoms with Crippen molar-refractivity contribution in [3.63, 3.8) is 0 Å². The van der Waals surface area contributed by atoms with Crippen molar-refractivity contribution in [3.8, 4) is 11.3 Å². The van der Waals surface area contributed by atoms with E-state index < -0.39 is 10.0 Å². The van der Waals surface area contributed by atoms with Crippen LogP contribution in [0.4, 0.5) is 5.69 Å². The first kappa shape index (κ1) is 19.0. The average molecular weight is 377 g/mol. The largest absolute Gasteiger partial charge is 0.464 e. The summed E-state index contributed by atoms with van der Waals surface area (Å²) in [6.07, 6.45) is 5.59. The quantitative estimate of drug-likeness (QED) is 0.758. The minimum absolute atomic E-state index is 0.0891. The Bertz CT molecular complexity index is 775. The van der Waals surface area contributed by atoms with E-state index in [1.165, 1.54) is 0 Å². The molecule has 1 saturated carbocycles. The Balaban J connectivity index is 1.44. The standard InChI is InChI=1S/C20H28N2O3S/c1-15(2)26(23,24)22-19-9-5-16(6-10-19)14-21-18-11-7-17(8-12-18)20-4-3-13-25-20/h3-4,7-8,11-13,15-16,19,21-22H,5-6,9-10,14H2,1-2H3/t16-,19-. The highest BCUT2D eigenvalue weighted by Gasteiger charge is 2.26. The third-order valence-corrected chi connectivity index (χ3v) is 6.99. The van der Waals surface area contributed by atoms with E-state index in [-0.39, 0.29) is 11.3 Å². The van der Waals surface area contributed by atoms with Gasteiger partial charge in [-0.1, -0.05) is 0 Å². The van der Waals surface area contributed by atoms with Crippen LogP contribution in [0.1, 0.15) is 39.5 Å². The number of hydrogen-bond donors (Lipinski definition) is 2. The van der Waals surface area contributed by atoms with Crippen LogP contribution in [-0.4, -0.2) is 26.3 Å². The maximum Gasteiger partial charge on any atom is 0.214 e. The molecule has 5 nitrogen and oxygen atoms in total. The molecule has 0 bridgehead atoms. The van der Waals surface area contributed by atoms with Gasteiger partial charge >= 0.3 is 0 Å². The van der Waals surface area contributed by atoms with E-state index in [9.17, 15) is 8.42 Å². The van der Waals surface area contributed by atoms with Gasteiger partial charge in [-0.2, -0.15) is 0 Å². The summed E-state index contributed by atoms with van der Waals surface area (Å²) in [5.41, 5.74) is 2.17. The van der Waals surface area contributed by atoms with Gasteiger partial charge in [-0.25, -0.2) is 13.1 Å². The molecule has 6 heteroatoms. The van der Waals surface area contributed by atoms with E-state index in [1.807, 2.05) is 12.1 Å². The van der Waals surface area contributed by atoms with Gasteiger partial charge in [0, 0.05) is 23.8 Å². The molecule has 26 heavy (non-hydrogen) atoms. The number of rotatable bonds is 7. The van der Waals surface area contributed by atoms with Crippen molar-refractivity contribution >= 4 is 15.7 Å². The average Bonchev–Trinajstić information content (AvgIpc) is 3.16. The number of benzene rings is 1. The van der Waals surface area contributed by atoms with Gasteiger partial charge in [0.2, 0.25) is 10.0 Å². The van der Waals surface area contributed by atoms with Crippen molar-refractivity contribution in [1.29, 1.82) is 0 Å². The Morgan fingerprint density at radius 2 is 1.77 bits per heavy atom. The van der Waals surface area contributed by atoms with Crippen LogP contribution in [0.3, 0.4) is 0 Å².